The van der Waals surface area contributed by atoms with E-state index in [1.165, 1.54) is 29.8 Å². The van der Waals surface area contributed by atoms with Crippen molar-refractivity contribution in [2.75, 3.05) is 42.8 Å². The molecule has 1 aliphatic heterocycles. The van der Waals surface area contributed by atoms with Gasteiger partial charge in [0.25, 0.3) is 0 Å². The normalized spacial score (nSPS) is 18.9. The first-order valence-corrected chi connectivity index (χ1v) is 11.9. The number of nitrogens with one attached hydrogen (secondary N) is 2. The molecule has 2 aliphatic rings. The molecule has 3 N–H and O–H groups in total. The quantitative estimate of drug-likeness (QED) is 0.417. The first-order chi connectivity index (χ1) is 17.8. The molecule has 3 aromatic rings. The van der Waals surface area contributed by atoms with Crippen LogP contribution in [-0.4, -0.2) is 81.1 Å². The fourth-order valence-electron chi connectivity index (χ4n) is 4.34. The number of likely N-dealkylation sites (N-methyl/N-ethyl adjacent to an activating group) is 1. The van der Waals surface area contributed by atoms with Crippen molar-refractivity contribution in [3.05, 3.63) is 34.6 Å². The van der Waals surface area contributed by atoms with Crippen molar-refractivity contribution in [1.82, 2.24) is 24.5 Å². The standard InChI is InChI=1S/C23H23ClN10O3/c1-32(23(35)36)17-10-33(11-18(17)37-2)16-6-12(7-25)5-15(19(16)24)29-22-30-20(28-13-3-4-13)21-27-9-14(8-26)34(21)31-22/h5-6,9,13,17-18H,3-4,10-11H2,1-2H3,(H,35,36)(H2,28,29,30,31)/t17-,18-/m0/s1. The van der Waals surface area contributed by atoms with Crippen molar-refractivity contribution < 1.29 is 14.6 Å². The van der Waals surface area contributed by atoms with Crippen LogP contribution in [0.5, 0.6) is 0 Å². The number of carbonyl (C=O) groups is 1. The minimum atomic E-state index is -1.06. The second kappa shape index (κ2) is 9.61. The van der Waals surface area contributed by atoms with Gasteiger partial charge in [-0.15, -0.1) is 5.10 Å². The lowest BCUT2D eigenvalue weighted by Crippen LogP contribution is -2.44. The fourth-order valence-corrected chi connectivity index (χ4v) is 4.62. The van der Waals surface area contributed by atoms with Gasteiger partial charge in [0.15, 0.2) is 17.2 Å². The summed E-state index contributed by atoms with van der Waals surface area (Å²) in [7, 11) is 3.03. The molecule has 0 radical (unpaired) electrons. The number of benzene rings is 1. The molecule has 1 amide bonds. The fraction of sp³-hybridized carbons (Fsp3) is 0.391. The first kappa shape index (κ1) is 24.4. The number of fused-ring (bicyclic) bond motifs is 1. The van der Waals surface area contributed by atoms with Crippen molar-refractivity contribution in [2.45, 2.75) is 31.0 Å². The van der Waals surface area contributed by atoms with Crippen LogP contribution in [0.4, 0.5) is 27.9 Å². The number of imidazole rings is 1. The van der Waals surface area contributed by atoms with Gasteiger partial charge >= 0.3 is 6.09 Å². The Morgan fingerprint density at radius 2 is 2.08 bits per heavy atom. The van der Waals surface area contributed by atoms with Gasteiger partial charge in [0.2, 0.25) is 5.95 Å². The van der Waals surface area contributed by atoms with Crippen LogP contribution in [0.25, 0.3) is 5.65 Å². The van der Waals surface area contributed by atoms with E-state index in [9.17, 15) is 20.4 Å². The van der Waals surface area contributed by atoms with E-state index >= 15 is 0 Å². The Bertz CT molecular complexity index is 1460. The maximum atomic E-state index is 11.6. The van der Waals surface area contributed by atoms with E-state index in [0.717, 1.165) is 12.8 Å². The molecule has 0 spiro atoms. The highest BCUT2D eigenvalue weighted by atomic mass is 35.5. The number of nitrogens with zero attached hydrogens (tertiary/aromatic N) is 8. The monoisotopic (exact) mass is 522 g/mol. The Morgan fingerprint density at radius 1 is 1.30 bits per heavy atom. The molecule has 1 saturated carbocycles. The van der Waals surface area contributed by atoms with Gasteiger partial charge in [-0.3, -0.25) is 0 Å². The Kier molecular flexibility index (Phi) is 6.33. The summed E-state index contributed by atoms with van der Waals surface area (Å²) in [6, 6.07) is 7.30. The Morgan fingerprint density at radius 3 is 2.73 bits per heavy atom. The molecule has 2 atom stereocenters. The second-order valence-electron chi connectivity index (χ2n) is 8.93. The zero-order valence-electron chi connectivity index (χ0n) is 20.0. The average Bonchev–Trinajstić information content (AvgIpc) is 3.44. The molecule has 190 valence electrons. The number of hydrogen-bond acceptors (Lipinski definition) is 10. The van der Waals surface area contributed by atoms with Crippen LogP contribution in [0, 0.1) is 22.7 Å². The predicted molar refractivity (Wildman–Crippen MR) is 134 cm³/mol. The van der Waals surface area contributed by atoms with Gasteiger partial charge in [0.1, 0.15) is 6.07 Å². The van der Waals surface area contributed by atoms with E-state index in [0.29, 0.717) is 46.5 Å². The van der Waals surface area contributed by atoms with Crippen molar-refractivity contribution in [3.8, 4) is 12.1 Å². The summed E-state index contributed by atoms with van der Waals surface area (Å²) in [6.07, 6.45) is 2.01. The van der Waals surface area contributed by atoms with E-state index in [1.54, 1.807) is 12.1 Å². The topological polar surface area (TPSA) is 168 Å². The zero-order valence-corrected chi connectivity index (χ0v) is 20.8. The van der Waals surface area contributed by atoms with Crippen molar-refractivity contribution in [2.24, 2.45) is 0 Å². The number of nitriles is 2. The number of rotatable bonds is 7. The summed E-state index contributed by atoms with van der Waals surface area (Å²) >= 11 is 6.81. The number of methoxy groups -OCH3 is 1. The van der Waals surface area contributed by atoms with Gasteiger partial charge in [0, 0.05) is 33.3 Å². The minimum Gasteiger partial charge on any atom is -0.465 e. The molecule has 1 aliphatic carbocycles. The number of hydrogen-bond donors (Lipinski definition) is 3. The molecule has 5 rings (SSSR count). The predicted octanol–water partition coefficient (Wildman–Crippen LogP) is 2.65. The Labute approximate surface area is 216 Å². The minimum absolute atomic E-state index is 0.160. The van der Waals surface area contributed by atoms with E-state index < -0.39 is 12.1 Å². The molecule has 1 saturated heterocycles. The number of anilines is 4. The lowest BCUT2D eigenvalue weighted by atomic mass is 10.1. The Balaban J connectivity index is 1.51. The summed E-state index contributed by atoms with van der Waals surface area (Å²) in [4.78, 5) is 23.5. The summed E-state index contributed by atoms with van der Waals surface area (Å²) in [6.45, 7) is 0.707. The van der Waals surface area contributed by atoms with Crippen LogP contribution in [-0.2, 0) is 4.74 Å². The Hall–Kier alpha value is -4.33. The van der Waals surface area contributed by atoms with E-state index in [-0.39, 0.29) is 23.8 Å². The van der Waals surface area contributed by atoms with Crippen LogP contribution >= 0.6 is 11.6 Å². The molecule has 1 aromatic carbocycles. The van der Waals surface area contributed by atoms with Crippen molar-refractivity contribution in [1.29, 1.82) is 10.5 Å². The van der Waals surface area contributed by atoms with Gasteiger partial charge in [-0.2, -0.15) is 20.0 Å². The highest BCUT2D eigenvalue weighted by molar-refractivity contribution is 6.36. The third kappa shape index (κ3) is 4.62. The maximum absolute atomic E-state index is 11.6. The summed E-state index contributed by atoms with van der Waals surface area (Å²) in [5.41, 5.74) is 1.94. The zero-order chi connectivity index (χ0) is 26.3. The van der Waals surface area contributed by atoms with Gasteiger partial charge in [-0.1, -0.05) is 11.6 Å². The van der Waals surface area contributed by atoms with Crippen molar-refractivity contribution in [3.63, 3.8) is 0 Å². The molecule has 2 aromatic heterocycles. The van der Waals surface area contributed by atoms with Crippen LogP contribution in [0.15, 0.2) is 18.3 Å². The van der Waals surface area contributed by atoms with Gasteiger partial charge in [0.05, 0.1) is 46.4 Å². The smallest absolute Gasteiger partial charge is 0.407 e. The number of halogens is 1. The molecule has 0 bridgehead atoms. The van der Waals surface area contributed by atoms with Crippen LogP contribution in [0.3, 0.4) is 0 Å². The molecule has 13 nitrogen and oxygen atoms in total. The average molecular weight is 523 g/mol. The number of amides is 1. The number of ether oxygens (including phenoxy) is 1. The molecule has 0 unspecified atom stereocenters. The third-order valence-electron chi connectivity index (χ3n) is 6.50. The van der Waals surface area contributed by atoms with E-state index in [2.05, 4.69) is 37.8 Å². The summed E-state index contributed by atoms with van der Waals surface area (Å²) in [5.74, 6) is 0.643. The highest BCUT2D eigenvalue weighted by Crippen LogP contribution is 2.38. The van der Waals surface area contributed by atoms with Gasteiger partial charge in [-0.25, -0.2) is 9.78 Å². The SMILES string of the molecule is CO[C@H]1CN(c2cc(C#N)cc(Nc3nc(NC4CC4)c4ncc(C#N)n4n3)c2Cl)C[C@@H]1N(C)C(=O)O. The molecular weight excluding hydrogens is 500 g/mol. The summed E-state index contributed by atoms with van der Waals surface area (Å²) in [5, 5.41) is 39.7. The van der Waals surface area contributed by atoms with Crippen LogP contribution in [0.2, 0.25) is 5.02 Å². The molecule has 37 heavy (non-hydrogen) atoms. The van der Waals surface area contributed by atoms with Crippen molar-refractivity contribution >= 4 is 46.5 Å². The van der Waals surface area contributed by atoms with Crippen LogP contribution in [0.1, 0.15) is 24.1 Å². The molecular formula is C23H23ClN10O3. The van der Waals surface area contributed by atoms with Gasteiger partial charge in [-0.05, 0) is 25.0 Å². The molecule has 14 heteroatoms. The molecule has 2 fully saturated rings. The maximum Gasteiger partial charge on any atom is 0.407 e. The lowest BCUT2D eigenvalue weighted by Gasteiger charge is -2.25. The van der Waals surface area contributed by atoms with E-state index in [1.807, 2.05) is 4.90 Å². The van der Waals surface area contributed by atoms with Gasteiger partial charge < -0.3 is 30.3 Å². The highest BCUT2D eigenvalue weighted by Gasteiger charge is 2.38. The van der Waals surface area contributed by atoms with E-state index in [4.69, 9.17) is 16.3 Å². The third-order valence-corrected chi connectivity index (χ3v) is 6.90. The number of aromatic nitrogens is 4. The summed E-state index contributed by atoms with van der Waals surface area (Å²) < 4.78 is 6.94. The largest absolute Gasteiger partial charge is 0.465 e. The second-order valence-corrected chi connectivity index (χ2v) is 9.30. The lowest BCUT2D eigenvalue weighted by molar-refractivity contribution is 0.0536. The van der Waals surface area contributed by atoms with Crippen LogP contribution < -0.4 is 15.5 Å². The first-order valence-electron chi connectivity index (χ1n) is 11.5. The molecule has 3 heterocycles. The number of carboxylic acid groups (broad SMARTS) is 1.